The molecule has 0 atom stereocenters. The highest BCUT2D eigenvalue weighted by atomic mass is 32.2. The molecule has 1 amide bonds. The fraction of sp³-hybridized carbons (Fsp3) is 0.0909. The third-order valence-electron chi connectivity index (χ3n) is 4.06. The summed E-state index contributed by atoms with van der Waals surface area (Å²) in [6.45, 7) is -0.460. The van der Waals surface area contributed by atoms with Crippen molar-refractivity contribution in [3.8, 4) is 11.5 Å². The molecule has 0 aromatic heterocycles. The van der Waals surface area contributed by atoms with E-state index in [4.69, 9.17) is 4.74 Å². The van der Waals surface area contributed by atoms with Crippen LogP contribution in [0.15, 0.2) is 84.0 Å². The minimum atomic E-state index is -3.73. The van der Waals surface area contributed by atoms with Gasteiger partial charge in [0.2, 0.25) is 10.0 Å². The first-order valence-electron chi connectivity index (χ1n) is 9.19. The molecular weight excluding hydrogens is 421 g/mol. The minimum Gasteiger partial charge on any atom is -0.457 e. The molecule has 0 bridgehead atoms. The van der Waals surface area contributed by atoms with Crippen LogP contribution < -0.4 is 14.5 Å². The Bertz CT molecular complexity index is 1150. The van der Waals surface area contributed by atoms with Gasteiger partial charge in [-0.2, -0.15) is 5.10 Å². The molecule has 3 rings (SSSR count). The molecule has 0 heterocycles. The lowest BCUT2D eigenvalue weighted by molar-refractivity contribution is -0.119. The predicted molar refractivity (Wildman–Crippen MR) is 117 cm³/mol. The second-order valence-corrected chi connectivity index (χ2v) is 8.43. The summed E-state index contributed by atoms with van der Waals surface area (Å²) in [6.07, 6.45) is 2.34. The number of hydrazone groups is 1. The van der Waals surface area contributed by atoms with E-state index < -0.39 is 22.5 Å². The molecule has 0 aliphatic rings. The highest BCUT2D eigenvalue weighted by Crippen LogP contribution is 2.25. The first kappa shape index (κ1) is 22.0. The Labute approximate surface area is 179 Å². The Balaban J connectivity index is 1.66. The number of nitrogens with one attached hydrogen (secondary N) is 1. The SMILES string of the molecule is CS(=O)(=O)N(CC(=O)N/N=C\c1ccc(F)cc1)c1ccc(Oc2ccccc2)cc1. The average Bonchev–Trinajstić information content (AvgIpc) is 2.74. The van der Waals surface area contributed by atoms with Crippen molar-refractivity contribution >= 4 is 27.8 Å². The largest absolute Gasteiger partial charge is 0.457 e. The van der Waals surface area contributed by atoms with Gasteiger partial charge in [-0.25, -0.2) is 18.2 Å². The van der Waals surface area contributed by atoms with Crippen LogP contribution in [0.1, 0.15) is 5.56 Å². The van der Waals surface area contributed by atoms with Gasteiger partial charge in [0.05, 0.1) is 18.2 Å². The molecule has 31 heavy (non-hydrogen) atoms. The maximum absolute atomic E-state index is 12.9. The second kappa shape index (κ2) is 9.86. The van der Waals surface area contributed by atoms with E-state index in [2.05, 4.69) is 10.5 Å². The van der Waals surface area contributed by atoms with Crippen molar-refractivity contribution in [1.82, 2.24) is 5.43 Å². The van der Waals surface area contributed by atoms with Crippen molar-refractivity contribution in [3.05, 3.63) is 90.2 Å². The third-order valence-corrected chi connectivity index (χ3v) is 5.20. The maximum Gasteiger partial charge on any atom is 0.260 e. The van der Waals surface area contributed by atoms with Gasteiger partial charge in [-0.15, -0.1) is 0 Å². The quantitative estimate of drug-likeness (QED) is 0.428. The molecule has 1 N–H and O–H groups in total. The molecule has 0 saturated heterocycles. The minimum absolute atomic E-state index is 0.306. The summed E-state index contributed by atoms with van der Waals surface area (Å²) in [5, 5.41) is 3.77. The molecule has 0 aliphatic carbocycles. The Morgan fingerprint density at radius 2 is 1.61 bits per heavy atom. The summed E-state index contributed by atoms with van der Waals surface area (Å²) in [5.74, 6) is 0.156. The van der Waals surface area contributed by atoms with E-state index in [1.165, 1.54) is 30.5 Å². The number of anilines is 1. The van der Waals surface area contributed by atoms with Crippen molar-refractivity contribution in [2.24, 2.45) is 5.10 Å². The molecule has 3 aromatic carbocycles. The molecule has 160 valence electrons. The summed E-state index contributed by atoms with van der Waals surface area (Å²) in [5.41, 5.74) is 3.15. The van der Waals surface area contributed by atoms with Gasteiger partial charge >= 0.3 is 0 Å². The van der Waals surface area contributed by atoms with Crippen molar-refractivity contribution in [1.29, 1.82) is 0 Å². The molecule has 0 spiro atoms. The molecule has 0 saturated carbocycles. The van der Waals surface area contributed by atoms with Gasteiger partial charge < -0.3 is 4.74 Å². The zero-order chi connectivity index (χ0) is 22.3. The standard InChI is InChI=1S/C22H20FN3O4S/c1-31(28,29)26(16-22(27)25-24-15-17-7-9-18(23)10-8-17)19-11-13-21(14-12-19)30-20-5-3-2-4-6-20/h2-15H,16H2,1H3,(H,25,27)/b24-15-. The van der Waals surface area contributed by atoms with E-state index in [-0.39, 0.29) is 5.82 Å². The van der Waals surface area contributed by atoms with Gasteiger partial charge in [0.25, 0.3) is 5.91 Å². The monoisotopic (exact) mass is 441 g/mol. The van der Waals surface area contributed by atoms with Crippen LogP contribution in [0.4, 0.5) is 10.1 Å². The lowest BCUT2D eigenvalue weighted by Gasteiger charge is -2.21. The number of ether oxygens (including phenoxy) is 1. The zero-order valence-corrected chi connectivity index (χ0v) is 17.4. The van der Waals surface area contributed by atoms with Crippen LogP contribution in [0.5, 0.6) is 11.5 Å². The molecule has 9 heteroatoms. The third kappa shape index (κ3) is 6.65. The summed E-state index contributed by atoms with van der Waals surface area (Å²) in [4.78, 5) is 12.2. The van der Waals surface area contributed by atoms with Crippen LogP contribution in [-0.4, -0.2) is 33.3 Å². The number of carbonyl (C=O) groups excluding carboxylic acids is 1. The molecule has 3 aromatic rings. The Kier molecular flexibility index (Phi) is 6.99. The van der Waals surface area contributed by atoms with Gasteiger partial charge in [0.1, 0.15) is 23.9 Å². The Hall–Kier alpha value is -3.72. The van der Waals surface area contributed by atoms with Crippen molar-refractivity contribution < 1.29 is 22.3 Å². The van der Waals surface area contributed by atoms with Crippen LogP contribution in [-0.2, 0) is 14.8 Å². The topological polar surface area (TPSA) is 88.1 Å². The van der Waals surface area contributed by atoms with Crippen molar-refractivity contribution in [2.45, 2.75) is 0 Å². The van der Waals surface area contributed by atoms with Crippen molar-refractivity contribution in [3.63, 3.8) is 0 Å². The molecule has 0 aliphatic heterocycles. The fourth-order valence-corrected chi connectivity index (χ4v) is 3.45. The fourth-order valence-electron chi connectivity index (χ4n) is 2.60. The molecular formula is C22H20FN3O4S. The lowest BCUT2D eigenvalue weighted by atomic mass is 10.2. The van der Waals surface area contributed by atoms with E-state index in [1.54, 1.807) is 36.4 Å². The maximum atomic E-state index is 12.9. The number of carbonyl (C=O) groups is 1. The van der Waals surface area contributed by atoms with Gasteiger partial charge in [-0.3, -0.25) is 9.10 Å². The Morgan fingerprint density at radius 3 is 2.23 bits per heavy atom. The van der Waals surface area contributed by atoms with E-state index >= 15 is 0 Å². The smallest absolute Gasteiger partial charge is 0.260 e. The van der Waals surface area contributed by atoms with Crippen LogP contribution in [0.3, 0.4) is 0 Å². The molecule has 0 unspecified atom stereocenters. The van der Waals surface area contributed by atoms with Gasteiger partial charge in [0.15, 0.2) is 0 Å². The first-order valence-corrected chi connectivity index (χ1v) is 11.0. The van der Waals surface area contributed by atoms with Crippen LogP contribution in [0.25, 0.3) is 0 Å². The number of halogens is 1. The number of hydrogen-bond donors (Lipinski definition) is 1. The number of rotatable bonds is 8. The van der Waals surface area contributed by atoms with Crippen LogP contribution >= 0.6 is 0 Å². The number of benzene rings is 3. The summed E-state index contributed by atoms with van der Waals surface area (Å²) in [7, 11) is -3.73. The normalized spacial score (nSPS) is 11.3. The van der Waals surface area contributed by atoms with Gasteiger partial charge in [-0.05, 0) is 54.1 Å². The number of hydrogen-bond acceptors (Lipinski definition) is 5. The molecule has 0 fully saturated rings. The number of nitrogens with zero attached hydrogens (tertiary/aromatic N) is 2. The summed E-state index contributed by atoms with van der Waals surface area (Å²) >= 11 is 0. The summed E-state index contributed by atoms with van der Waals surface area (Å²) < 4.78 is 44.0. The van der Waals surface area contributed by atoms with Crippen molar-refractivity contribution in [2.75, 3.05) is 17.1 Å². The first-order chi connectivity index (χ1) is 14.8. The highest BCUT2D eigenvalue weighted by Gasteiger charge is 2.20. The van der Waals surface area contributed by atoms with Gasteiger partial charge in [-0.1, -0.05) is 30.3 Å². The number of amides is 1. The Morgan fingerprint density at radius 1 is 1.00 bits per heavy atom. The number of sulfonamides is 1. The van der Waals surface area contributed by atoms with Crippen LogP contribution in [0, 0.1) is 5.82 Å². The van der Waals surface area contributed by atoms with E-state index in [9.17, 15) is 17.6 Å². The zero-order valence-electron chi connectivity index (χ0n) is 16.6. The second-order valence-electron chi connectivity index (χ2n) is 6.52. The van der Waals surface area contributed by atoms with Crippen LogP contribution in [0.2, 0.25) is 0 Å². The van der Waals surface area contributed by atoms with Gasteiger partial charge in [0, 0.05) is 0 Å². The van der Waals surface area contributed by atoms with E-state index in [0.29, 0.717) is 22.7 Å². The lowest BCUT2D eigenvalue weighted by Crippen LogP contribution is -2.38. The molecule has 0 radical (unpaired) electrons. The predicted octanol–water partition coefficient (Wildman–Crippen LogP) is 3.53. The average molecular weight is 441 g/mol. The highest BCUT2D eigenvalue weighted by molar-refractivity contribution is 7.92. The van der Waals surface area contributed by atoms with E-state index in [0.717, 1.165) is 10.6 Å². The number of para-hydroxylation sites is 1. The van der Waals surface area contributed by atoms with E-state index in [1.807, 2.05) is 18.2 Å². The summed E-state index contributed by atoms with van der Waals surface area (Å²) in [6, 6.07) is 21.0. The molecule has 7 nitrogen and oxygen atoms in total.